The Bertz CT molecular complexity index is 344. The largest absolute Gasteiger partial charge is 0.480 e. The smallest absolute Gasteiger partial charge is 0.326 e. The van der Waals surface area contributed by atoms with E-state index < -0.39 is 17.9 Å². The van der Waals surface area contributed by atoms with Crippen LogP contribution in [0.25, 0.3) is 0 Å². The summed E-state index contributed by atoms with van der Waals surface area (Å²) in [5.74, 6) is -2.44. The summed E-state index contributed by atoms with van der Waals surface area (Å²) in [6.07, 6.45) is 0.289. The summed E-state index contributed by atoms with van der Waals surface area (Å²) >= 11 is 0. The van der Waals surface area contributed by atoms with Gasteiger partial charge in [-0.1, -0.05) is 0 Å². The number of rotatable bonds is 6. The lowest BCUT2D eigenvalue weighted by atomic mass is 10.0. The van der Waals surface area contributed by atoms with Crippen molar-refractivity contribution in [2.24, 2.45) is 11.7 Å². The number of aliphatic carboxylic acids is 1. The Morgan fingerprint density at radius 1 is 1.50 bits per heavy atom. The fraction of sp³-hybridized carbons (Fsp3) is 0.727. The number of carbonyl (C=O) groups is 3. The zero-order valence-corrected chi connectivity index (χ0v) is 10.2. The zero-order chi connectivity index (χ0) is 13.7. The molecule has 0 aliphatic carbocycles. The van der Waals surface area contributed by atoms with Crippen molar-refractivity contribution in [2.45, 2.75) is 38.3 Å². The summed E-state index contributed by atoms with van der Waals surface area (Å²) in [6.45, 7) is 2.27. The fourth-order valence-corrected chi connectivity index (χ4v) is 1.90. The van der Waals surface area contributed by atoms with E-state index in [1.165, 1.54) is 0 Å². The highest BCUT2D eigenvalue weighted by Crippen LogP contribution is 2.20. The monoisotopic (exact) mass is 258 g/mol. The van der Waals surface area contributed by atoms with Crippen LogP contribution >= 0.6 is 0 Å². The van der Waals surface area contributed by atoms with E-state index in [9.17, 15) is 14.4 Å². The zero-order valence-electron chi connectivity index (χ0n) is 10.2. The van der Waals surface area contributed by atoms with E-state index in [0.29, 0.717) is 13.0 Å². The third-order valence-electron chi connectivity index (χ3n) is 3.01. The average molecular weight is 258 g/mol. The van der Waals surface area contributed by atoms with Gasteiger partial charge in [0.25, 0.3) is 0 Å². The van der Waals surface area contributed by atoms with Crippen LogP contribution in [0, 0.1) is 5.92 Å². The van der Waals surface area contributed by atoms with Gasteiger partial charge in [-0.25, -0.2) is 4.79 Å². The van der Waals surface area contributed by atoms with Crippen molar-refractivity contribution in [1.29, 1.82) is 0 Å². The van der Waals surface area contributed by atoms with Crippen LogP contribution in [0.3, 0.4) is 0 Å². The van der Waals surface area contributed by atoms with Gasteiger partial charge in [-0.05, 0) is 19.8 Å². The lowest BCUT2D eigenvalue weighted by Gasteiger charge is -2.18. The molecule has 2 amide bonds. The van der Waals surface area contributed by atoms with E-state index in [1.54, 1.807) is 6.92 Å². The standard InChI is InChI=1S/C11H18N2O5/c1-6-7(4-5-18-6)10(15)13-8(11(16)17)2-3-9(12)14/h6-8H,2-5H2,1H3,(H2,12,14)(H,13,15)(H,16,17). The molecule has 1 rings (SSSR count). The molecule has 4 N–H and O–H groups in total. The van der Waals surface area contributed by atoms with Crippen molar-refractivity contribution in [3.05, 3.63) is 0 Å². The van der Waals surface area contributed by atoms with Crippen molar-refractivity contribution in [3.8, 4) is 0 Å². The molecule has 0 saturated carbocycles. The van der Waals surface area contributed by atoms with Crippen LogP contribution in [-0.4, -0.2) is 41.6 Å². The van der Waals surface area contributed by atoms with Crippen molar-refractivity contribution < 1.29 is 24.2 Å². The van der Waals surface area contributed by atoms with Gasteiger partial charge < -0.3 is 20.9 Å². The van der Waals surface area contributed by atoms with E-state index in [1.807, 2.05) is 0 Å². The predicted octanol–water partition coefficient (Wildman–Crippen LogP) is -0.754. The van der Waals surface area contributed by atoms with E-state index in [-0.39, 0.29) is 30.8 Å². The normalized spacial score (nSPS) is 24.5. The second-order valence-electron chi connectivity index (χ2n) is 4.38. The summed E-state index contributed by atoms with van der Waals surface area (Å²) in [5.41, 5.74) is 4.95. The van der Waals surface area contributed by atoms with Crippen molar-refractivity contribution in [2.75, 3.05) is 6.61 Å². The quantitative estimate of drug-likeness (QED) is 0.579. The first-order valence-electron chi connectivity index (χ1n) is 5.85. The third-order valence-corrected chi connectivity index (χ3v) is 3.01. The van der Waals surface area contributed by atoms with Gasteiger partial charge >= 0.3 is 5.97 Å². The van der Waals surface area contributed by atoms with Gasteiger partial charge in [0.1, 0.15) is 6.04 Å². The van der Waals surface area contributed by atoms with Crippen LogP contribution in [0.5, 0.6) is 0 Å². The maximum atomic E-state index is 11.8. The molecule has 18 heavy (non-hydrogen) atoms. The SMILES string of the molecule is CC1OCCC1C(=O)NC(CCC(N)=O)C(=O)O. The second-order valence-corrected chi connectivity index (χ2v) is 4.38. The topological polar surface area (TPSA) is 119 Å². The van der Waals surface area contributed by atoms with Crippen molar-refractivity contribution in [1.82, 2.24) is 5.32 Å². The number of carboxylic acid groups (broad SMARTS) is 1. The Morgan fingerprint density at radius 3 is 2.61 bits per heavy atom. The number of carbonyl (C=O) groups excluding carboxylic acids is 2. The number of carboxylic acids is 1. The maximum absolute atomic E-state index is 11.8. The highest BCUT2D eigenvalue weighted by molar-refractivity contribution is 5.86. The predicted molar refractivity (Wildman–Crippen MR) is 61.5 cm³/mol. The molecule has 0 aromatic carbocycles. The summed E-state index contributed by atoms with van der Waals surface area (Å²) in [5, 5.41) is 11.4. The summed E-state index contributed by atoms with van der Waals surface area (Å²) in [4.78, 5) is 33.4. The molecule has 1 aliphatic rings. The van der Waals surface area contributed by atoms with Crippen LogP contribution in [-0.2, 0) is 19.1 Å². The van der Waals surface area contributed by atoms with E-state index in [4.69, 9.17) is 15.6 Å². The van der Waals surface area contributed by atoms with Gasteiger partial charge in [0.2, 0.25) is 11.8 Å². The number of nitrogens with two attached hydrogens (primary N) is 1. The minimum atomic E-state index is -1.17. The first-order valence-corrected chi connectivity index (χ1v) is 5.85. The Hall–Kier alpha value is -1.63. The Kier molecular flexibility index (Phi) is 5.08. The van der Waals surface area contributed by atoms with Gasteiger partial charge in [0, 0.05) is 13.0 Å². The first kappa shape index (κ1) is 14.4. The first-order chi connectivity index (χ1) is 8.41. The highest BCUT2D eigenvalue weighted by Gasteiger charge is 2.33. The molecule has 1 saturated heterocycles. The molecule has 1 aliphatic heterocycles. The van der Waals surface area contributed by atoms with E-state index in [2.05, 4.69) is 5.32 Å². The minimum Gasteiger partial charge on any atom is -0.480 e. The summed E-state index contributed by atoms with van der Waals surface area (Å²) < 4.78 is 5.24. The molecule has 0 radical (unpaired) electrons. The number of ether oxygens (including phenoxy) is 1. The van der Waals surface area contributed by atoms with Crippen LogP contribution in [0.1, 0.15) is 26.2 Å². The molecule has 3 unspecified atom stereocenters. The Balaban J connectivity index is 2.52. The van der Waals surface area contributed by atoms with Crippen LogP contribution in [0.2, 0.25) is 0 Å². The molecule has 1 fully saturated rings. The molecule has 0 bridgehead atoms. The van der Waals surface area contributed by atoms with Gasteiger partial charge in [-0.3, -0.25) is 9.59 Å². The number of hydrogen-bond donors (Lipinski definition) is 3. The fourth-order valence-electron chi connectivity index (χ4n) is 1.90. The molecule has 102 valence electrons. The van der Waals surface area contributed by atoms with Crippen LogP contribution in [0.15, 0.2) is 0 Å². The van der Waals surface area contributed by atoms with Crippen molar-refractivity contribution in [3.63, 3.8) is 0 Å². The number of hydrogen-bond acceptors (Lipinski definition) is 4. The lowest BCUT2D eigenvalue weighted by Crippen LogP contribution is -2.45. The molecule has 0 aromatic heterocycles. The molecule has 7 heteroatoms. The average Bonchev–Trinajstić information content (AvgIpc) is 2.69. The van der Waals surface area contributed by atoms with Crippen LogP contribution in [0.4, 0.5) is 0 Å². The summed E-state index contributed by atoms with van der Waals surface area (Å²) in [6, 6.07) is -1.09. The molecule has 0 aromatic rings. The molecular formula is C11H18N2O5. The van der Waals surface area contributed by atoms with Gasteiger partial charge in [-0.2, -0.15) is 0 Å². The third kappa shape index (κ3) is 3.99. The Morgan fingerprint density at radius 2 is 2.17 bits per heavy atom. The number of primary amides is 1. The second kappa shape index (κ2) is 6.34. The van der Waals surface area contributed by atoms with Crippen LogP contribution < -0.4 is 11.1 Å². The van der Waals surface area contributed by atoms with E-state index >= 15 is 0 Å². The van der Waals surface area contributed by atoms with E-state index in [0.717, 1.165) is 0 Å². The minimum absolute atomic E-state index is 0.00162. The lowest BCUT2D eigenvalue weighted by molar-refractivity contribution is -0.143. The molecule has 3 atom stereocenters. The molecule has 7 nitrogen and oxygen atoms in total. The summed E-state index contributed by atoms with van der Waals surface area (Å²) in [7, 11) is 0. The molecule has 0 spiro atoms. The number of amides is 2. The molecule has 1 heterocycles. The Labute approximate surface area is 105 Å². The highest BCUT2D eigenvalue weighted by atomic mass is 16.5. The maximum Gasteiger partial charge on any atom is 0.326 e. The van der Waals surface area contributed by atoms with Gasteiger partial charge in [-0.15, -0.1) is 0 Å². The van der Waals surface area contributed by atoms with Crippen molar-refractivity contribution >= 4 is 17.8 Å². The van der Waals surface area contributed by atoms with Gasteiger partial charge in [0.15, 0.2) is 0 Å². The number of nitrogens with one attached hydrogen (secondary N) is 1. The molecular weight excluding hydrogens is 240 g/mol. The van der Waals surface area contributed by atoms with Gasteiger partial charge in [0.05, 0.1) is 12.0 Å².